The third-order valence-corrected chi connectivity index (χ3v) is 14.2. The fourth-order valence-corrected chi connectivity index (χ4v) is 7.32. The lowest BCUT2D eigenvalue weighted by Crippen LogP contribution is -2.46. The molecule has 1 N–H and O–H groups in total. The fourth-order valence-electron chi connectivity index (χ4n) is 6.20. The molecule has 3 aromatic rings. The predicted molar refractivity (Wildman–Crippen MR) is 183 cm³/mol. The Morgan fingerprint density at radius 2 is 2.07 bits per heavy atom. The van der Waals surface area contributed by atoms with E-state index in [0.717, 1.165) is 54.1 Å². The number of benzene rings is 1. The molecule has 2 atom stereocenters. The first-order valence-electron chi connectivity index (χ1n) is 15.8. The number of carbonyl (C=O) groups is 1. The summed E-state index contributed by atoms with van der Waals surface area (Å²) in [5.41, 5.74) is 4.26. The van der Waals surface area contributed by atoms with Crippen molar-refractivity contribution in [3.63, 3.8) is 0 Å². The smallest absolute Gasteiger partial charge is 0.329 e. The third-order valence-electron chi connectivity index (χ3n) is 9.73. The van der Waals surface area contributed by atoms with E-state index in [1.54, 1.807) is 6.20 Å². The number of nitrogens with one attached hydrogen (secondary N) is 1. The first-order chi connectivity index (χ1) is 21.2. The number of hydrogen-bond acceptors (Lipinski definition) is 9. The Balaban J connectivity index is 1.46. The number of piperidine rings is 1. The monoisotopic (exact) mass is 625 g/mol. The van der Waals surface area contributed by atoms with E-state index in [2.05, 4.69) is 75.2 Å². The number of aromatic nitrogens is 4. The number of fused-ring (bicyclic) bond motifs is 1. The second-order valence-corrected chi connectivity index (χ2v) is 19.4. The number of carbonyl (C=O) groups excluding carboxylic acids is 1. The molecule has 2 aliphatic rings. The number of nitrogens with zero attached hydrogens (tertiary/aromatic N) is 7. The van der Waals surface area contributed by atoms with Crippen molar-refractivity contribution in [3.8, 4) is 17.3 Å². The number of hydrogen-bond donors (Lipinski definition) is 1. The molecule has 1 unspecified atom stereocenters. The highest BCUT2D eigenvalue weighted by atomic mass is 28.4. The lowest BCUT2D eigenvalue weighted by Gasteiger charge is -2.39. The zero-order chi connectivity index (χ0) is 32.6. The van der Waals surface area contributed by atoms with Gasteiger partial charge in [-0.1, -0.05) is 27.7 Å². The summed E-state index contributed by atoms with van der Waals surface area (Å²) < 4.78 is 8.75. The minimum atomic E-state index is -2.05. The molecule has 1 radical (unpaired) electrons. The summed E-state index contributed by atoms with van der Waals surface area (Å²) in [6.07, 6.45) is 4.91. The highest BCUT2D eigenvalue weighted by molar-refractivity contribution is 6.74. The molecule has 0 amide bonds. The van der Waals surface area contributed by atoms with Gasteiger partial charge in [0.25, 0.3) is 0 Å². The molecule has 1 saturated heterocycles. The van der Waals surface area contributed by atoms with Gasteiger partial charge in [-0.3, -0.25) is 0 Å². The molecule has 4 heterocycles. The van der Waals surface area contributed by atoms with Crippen LogP contribution in [-0.4, -0.2) is 79.9 Å². The zero-order valence-electron chi connectivity index (χ0n) is 28.0. The molecule has 0 aliphatic carbocycles. The fraction of sp³-hybridized carbons (Fsp3) is 0.545. The summed E-state index contributed by atoms with van der Waals surface area (Å²) in [6, 6.07) is 10.2. The van der Waals surface area contributed by atoms with Crippen LogP contribution in [0, 0.1) is 24.2 Å². The topological polar surface area (TPSA) is 112 Å². The highest BCUT2D eigenvalue weighted by Gasteiger charge is 2.44. The summed E-state index contributed by atoms with van der Waals surface area (Å²) in [6.45, 7) is 19.4. The molecule has 1 fully saturated rings. The van der Waals surface area contributed by atoms with E-state index in [9.17, 15) is 10.1 Å². The molecule has 1 aromatic carbocycles. The molecule has 0 spiro atoms. The molecule has 0 saturated carbocycles. The Kier molecular flexibility index (Phi) is 9.27. The van der Waals surface area contributed by atoms with Crippen LogP contribution >= 0.6 is 0 Å². The minimum Gasteiger partial charge on any atom is -0.416 e. The molecule has 2 aromatic heterocycles. The van der Waals surface area contributed by atoms with Gasteiger partial charge in [0.05, 0.1) is 17.0 Å². The van der Waals surface area contributed by atoms with E-state index in [1.165, 1.54) is 20.3 Å². The molecule has 45 heavy (non-hydrogen) atoms. The second kappa shape index (κ2) is 12.7. The SMILES string of the molecule is Cc1cc(Nc2nccc(-c3cc(C#N)c4c(c3)[C@@](C)(CO[Si](C)(C)C(C)(C)C)CN4[B]C=O)n2)n(CC2CCCN(C)C2)n1. The summed E-state index contributed by atoms with van der Waals surface area (Å²) in [5, 5.41) is 18.5. The summed E-state index contributed by atoms with van der Waals surface area (Å²) in [5.74, 6) is 1.87. The Morgan fingerprint density at radius 3 is 2.76 bits per heavy atom. The number of rotatable bonds is 10. The van der Waals surface area contributed by atoms with Gasteiger partial charge in [0, 0.05) is 55.2 Å². The van der Waals surface area contributed by atoms with E-state index in [4.69, 9.17) is 14.5 Å². The van der Waals surface area contributed by atoms with Crippen LogP contribution < -0.4 is 10.1 Å². The molecular weight excluding hydrogens is 579 g/mol. The van der Waals surface area contributed by atoms with Gasteiger partial charge in [0.1, 0.15) is 18.1 Å². The Morgan fingerprint density at radius 1 is 1.29 bits per heavy atom. The number of anilines is 3. The highest BCUT2D eigenvalue weighted by Crippen LogP contribution is 2.46. The Hall–Kier alpha value is -3.53. The van der Waals surface area contributed by atoms with Gasteiger partial charge in [-0.25, -0.2) is 14.6 Å². The van der Waals surface area contributed by atoms with Gasteiger partial charge in [-0.05, 0) is 81.2 Å². The number of nitriles is 1. The normalized spacial score (nSPS) is 20.5. The molecule has 10 nitrogen and oxygen atoms in total. The van der Waals surface area contributed by atoms with Crippen molar-refractivity contribution in [2.75, 3.05) is 43.4 Å². The maximum atomic E-state index is 11.6. The molecule has 12 heteroatoms. The molecule has 237 valence electrons. The van der Waals surface area contributed by atoms with Crippen LogP contribution in [-0.2, 0) is 21.2 Å². The van der Waals surface area contributed by atoms with Crippen LogP contribution in [0.4, 0.5) is 17.5 Å². The van der Waals surface area contributed by atoms with Crippen molar-refractivity contribution in [1.29, 1.82) is 5.26 Å². The standard InChI is InChI=1S/C33H46BN8O2Si/c1-23-14-29(42(39-23)19-24-10-9-13-40(6)18-24)38-31-36-12-11-28(37-31)25-15-26(17-35)30-27(16-25)33(5,20-41(30)34-22-43)21-44-45(7,8)32(2,3)4/h11-12,14-16,22,24H,9-10,13,18-21H2,1-8H3,(H,36,37,38)/t24?,33-/m1/s1. The Labute approximate surface area is 269 Å². The minimum absolute atomic E-state index is 0.0596. The largest absolute Gasteiger partial charge is 0.416 e. The summed E-state index contributed by atoms with van der Waals surface area (Å²) in [7, 11) is 1.64. The average molecular weight is 626 g/mol. The van der Waals surface area contributed by atoms with E-state index < -0.39 is 13.7 Å². The van der Waals surface area contributed by atoms with Crippen LogP contribution in [0.25, 0.3) is 11.3 Å². The van der Waals surface area contributed by atoms with E-state index >= 15 is 0 Å². The second-order valence-electron chi connectivity index (χ2n) is 14.6. The van der Waals surface area contributed by atoms with Gasteiger partial charge in [0.15, 0.2) is 8.32 Å². The number of likely N-dealkylation sites (tertiary alicyclic amines) is 1. The predicted octanol–water partition coefficient (Wildman–Crippen LogP) is 5.51. The maximum absolute atomic E-state index is 11.6. The van der Waals surface area contributed by atoms with Gasteiger partial charge in [-0.2, -0.15) is 10.4 Å². The van der Waals surface area contributed by atoms with Crippen LogP contribution in [0.15, 0.2) is 30.5 Å². The summed E-state index contributed by atoms with van der Waals surface area (Å²) >= 11 is 0. The van der Waals surface area contributed by atoms with Crippen LogP contribution in [0.2, 0.25) is 18.1 Å². The number of aryl methyl sites for hydroxylation is 1. The maximum Gasteiger partial charge on any atom is 0.329 e. The van der Waals surface area contributed by atoms with Crippen molar-refractivity contribution in [2.45, 2.75) is 77.6 Å². The van der Waals surface area contributed by atoms with E-state index in [1.807, 2.05) is 34.6 Å². The van der Waals surface area contributed by atoms with E-state index in [0.29, 0.717) is 36.3 Å². The van der Waals surface area contributed by atoms with Crippen LogP contribution in [0.5, 0.6) is 0 Å². The zero-order valence-corrected chi connectivity index (χ0v) is 29.0. The van der Waals surface area contributed by atoms with Crippen LogP contribution in [0.3, 0.4) is 0 Å². The molecule has 0 bridgehead atoms. The summed E-state index contributed by atoms with van der Waals surface area (Å²) in [4.78, 5) is 25.3. The van der Waals surface area contributed by atoms with Crippen LogP contribution in [0.1, 0.15) is 57.4 Å². The molecule has 5 rings (SSSR count). The first-order valence-corrected chi connectivity index (χ1v) is 18.7. The molecule has 2 aliphatic heterocycles. The van der Waals surface area contributed by atoms with Gasteiger partial charge in [0.2, 0.25) is 5.95 Å². The quantitative estimate of drug-likeness (QED) is 0.230. The lowest BCUT2D eigenvalue weighted by molar-refractivity contribution is 0.191. The lowest BCUT2D eigenvalue weighted by atomic mass is 9.83. The average Bonchev–Trinajstić information content (AvgIpc) is 3.46. The van der Waals surface area contributed by atoms with Crippen molar-refractivity contribution in [1.82, 2.24) is 24.6 Å². The van der Waals surface area contributed by atoms with Crippen molar-refractivity contribution in [2.24, 2.45) is 5.92 Å². The van der Waals surface area contributed by atoms with Crippen molar-refractivity contribution in [3.05, 3.63) is 47.3 Å². The Bertz CT molecular complexity index is 1600. The van der Waals surface area contributed by atoms with E-state index in [-0.39, 0.29) is 5.04 Å². The van der Waals surface area contributed by atoms with Gasteiger partial charge in [-0.15, -0.1) is 0 Å². The van der Waals surface area contributed by atoms with Crippen molar-refractivity contribution < 1.29 is 9.22 Å². The van der Waals surface area contributed by atoms with Gasteiger partial charge < -0.3 is 24.2 Å². The van der Waals surface area contributed by atoms with Crippen molar-refractivity contribution >= 4 is 39.4 Å². The van der Waals surface area contributed by atoms with Gasteiger partial charge >= 0.3 is 7.41 Å². The third kappa shape index (κ3) is 7.01. The first kappa shape index (κ1) is 32.9. The molecular formula is C33H46BN8O2Si.